The predicted molar refractivity (Wildman–Crippen MR) is 109 cm³/mol. The minimum atomic E-state index is -2.30. The Morgan fingerprint density at radius 2 is 1.97 bits per heavy atom. The smallest absolute Gasteiger partial charge is 0.340 e. The molecule has 3 aromatic rings. The van der Waals surface area contributed by atoms with Crippen molar-refractivity contribution in [2.75, 3.05) is 0 Å². The van der Waals surface area contributed by atoms with Gasteiger partial charge in [-0.1, -0.05) is 13.8 Å². The van der Waals surface area contributed by atoms with Crippen molar-refractivity contribution in [2.45, 2.75) is 45.4 Å². The van der Waals surface area contributed by atoms with Crippen molar-refractivity contribution >= 4 is 16.9 Å². The fourth-order valence-corrected chi connectivity index (χ4v) is 4.32. The Hall–Kier alpha value is -3.23. The van der Waals surface area contributed by atoms with Crippen molar-refractivity contribution in [3.05, 3.63) is 56.9 Å². The van der Waals surface area contributed by atoms with Gasteiger partial charge in [-0.3, -0.25) is 4.79 Å². The Labute approximate surface area is 171 Å². The number of benzene rings is 1. The van der Waals surface area contributed by atoms with Gasteiger partial charge in [-0.25, -0.2) is 9.78 Å². The second-order valence-electron chi connectivity index (χ2n) is 7.46. The summed E-state index contributed by atoms with van der Waals surface area (Å²) >= 11 is 0. The van der Waals surface area contributed by atoms with Crippen LogP contribution in [-0.4, -0.2) is 35.9 Å². The number of rotatable bonds is 5. The minimum Gasteiger partial charge on any atom is -0.508 e. The SMILES string of the molecule is CCc1c2c(nc3ccc(O)cc13)-c1cc([C@](O)(CC)C(=O)O)c(CO)c(=O)n1C2. The summed E-state index contributed by atoms with van der Waals surface area (Å²) in [7, 11) is 0. The lowest BCUT2D eigenvalue weighted by Gasteiger charge is -2.25. The maximum atomic E-state index is 13.1. The van der Waals surface area contributed by atoms with Crippen LogP contribution in [0.15, 0.2) is 29.1 Å². The molecule has 0 amide bonds. The van der Waals surface area contributed by atoms with E-state index in [1.807, 2.05) is 6.92 Å². The van der Waals surface area contributed by atoms with Crippen LogP contribution < -0.4 is 5.56 Å². The number of phenolic OH excluding ortho intramolecular Hbond substituents is 1. The molecule has 0 saturated carbocycles. The second kappa shape index (κ2) is 6.93. The van der Waals surface area contributed by atoms with Gasteiger partial charge in [-0.05, 0) is 42.7 Å². The maximum Gasteiger partial charge on any atom is 0.340 e. The molecule has 0 aliphatic carbocycles. The molecule has 0 saturated heterocycles. The van der Waals surface area contributed by atoms with Gasteiger partial charge >= 0.3 is 5.97 Å². The maximum absolute atomic E-state index is 13.1. The van der Waals surface area contributed by atoms with Gasteiger partial charge in [-0.15, -0.1) is 0 Å². The summed E-state index contributed by atoms with van der Waals surface area (Å²) < 4.78 is 1.45. The number of hydrogen-bond donors (Lipinski definition) is 4. The molecule has 3 heterocycles. The molecule has 8 nitrogen and oxygen atoms in total. The van der Waals surface area contributed by atoms with Crippen LogP contribution in [0.1, 0.15) is 42.5 Å². The van der Waals surface area contributed by atoms with E-state index in [1.54, 1.807) is 12.1 Å². The summed E-state index contributed by atoms with van der Waals surface area (Å²) in [5.74, 6) is -1.37. The van der Waals surface area contributed by atoms with Gasteiger partial charge in [-0.2, -0.15) is 0 Å². The number of fused-ring (bicyclic) bond motifs is 4. The third-order valence-corrected chi connectivity index (χ3v) is 5.97. The van der Waals surface area contributed by atoms with Gasteiger partial charge < -0.3 is 25.0 Å². The predicted octanol–water partition coefficient (Wildman–Crippen LogP) is 1.87. The normalized spacial score (nSPS) is 14.4. The Kier molecular flexibility index (Phi) is 4.63. The highest BCUT2D eigenvalue weighted by Crippen LogP contribution is 2.39. The van der Waals surface area contributed by atoms with Gasteiger partial charge in [0.15, 0.2) is 5.60 Å². The van der Waals surface area contributed by atoms with E-state index in [0.29, 0.717) is 23.3 Å². The Morgan fingerprint density at radius 3 is 2.57 bits per heavy atom. The average molecular weight is 410 g/mol. The highest BCUT2D eigenvalue weighted by molar-refractivity contribution is 5.89. The molecule has 1 aliphatic rings. The molecule has 4 N–H and O–H groups in total. The van der Waals surface area contributed by atoms with Crippen LogP contribution in [0.5, 0.6) is 5.75 Å². The Balaban J connectivity index is 2.08. The number of carbonyl (C=O) groups is 1. The largest absolute Gasteiger partial charge is 0.508 e. The van der Waals surface area contributed by atoms with E-state index < -0.39 is 23.7 Å². The molecule has 0 fully saturated rings. The number of aliphatic carboxylic acids is 1. The Bertz CT molecular complexity index is 1260. The first-order chi connectivity index (χ1) is 14.3. The van der Waals surface area contributed by atoms with Gasteiger partial charge in [0.2, 0.25) is 0 Å². The van der Waals surface area contributed by atoms with Crippen molar-refractivity contribution in [1.29, 1.82) is 0 Å². The number of carboxylic acids is 1. The van der Waals surface area contributed by atoms with Crippen LogP contribution in [0.25, 0.3) is 22.3 Å². The molecule has 4 rings (SSSR count). The summed E-state index contributed by atoms with van der Waals surface area (Å²) in [4.78, 5) is 29.6. The topological polar surface area (TPSA) is 133 Å². The Morgan fingerprint density at radius 1 is 1.23 bits per heavy atom. The number of aliphatic hydroxyl groups excluding tert-OH is 1. The van der Waals surface area contributed by atoms with Crippen LogP contribution in [0.3, 0.4) is 0 Å². The lowest BCUT2D eigenvalue weighted by molar-refractivity contribution is -0.160. The third kappa shape index (κ3) is 2.64. The van der Waals surface area contributed by atoms with Gasteiger partial charge in [0.05, 0.1) is 30.1 Å². The number of aliphatic hydroxyl groups is 2. The molecule has 2 aromatic heterocycles. The number of phenols is 1. The zero-order valence-electron chi connectivity index (χ0n) is 16.6. The van der Waals surface area contributed by atoms with Crippen LogP contribution in [0.2, 0.25) is 0 Å². The first kappa shape index (κ1) is 20.1. The number of pyridine rings is 2. The van der Waals surface area contributed by atoms with E-state index in [4.69, 9.17) is 0 Å². The molecule has 8 heteroatoms. The number of aryl methyl sites for hydroxylation is 1. The van der Waals surface area contributed by atoms with E-state index in [0.717, 1.165) is 16.5 Å². The average Bonchev–Trinajstić information content (AvgIpc) is 3.09. The standard InChI is InChI=1S/C22H22N2O6/c1-3-12-13-7-11(26)5-6-17(13)23-19-14(12)9-24-18(19)8-16(15(10-25)20(24)27)22(30,4-2)21(28)29/h5-8,25-26,30H,3-4,9-10H2,1-2H3,(H,28,29)/t22-/m1/s1. The summed E-state index contributed by atoms with van der Waals surface area (Å²) in [6.07, 6.45) is 0.469. The lowest BCUT2D eigenvalue weighted by atomic mass is 9.87. The van der Waals surface area contributed by atoms with Crippen molar-refractivity contribution in [3.8, 4) is 17.1 Å². The lowest BCUT2D eigenvalue weighted by Crippen LogP contribution is -2.39. The molecule has 0 unspecified atom stereocenters. The molecular weight excluding hydrogens is 388 g/mol. The summed E-state index contributed by atoms with van der Waals surface area (Å²) in [6.45, 7) is 3.00. The van der Waals surface area contributed by atoms with E-state index in [2.05, 4.69) is 4.98 Å². The molecular formula is C22H22N2O6. The molecule has 0 radical (unpaired) electrons. The van der Waals surface area contributed by atoms with Crippen LogP contribution in [0.4, 0.5) is 0 Å². The molecule has 1 atom stereocenters. The van der Waals surface area contributed by atoms with Gasteiger partial charge in [0.25, 0.3) is 5.56 Å². The third-order valence-electron chi connectivity index (χ3n) is 5.97. The zero-order chi connectivity index (χ0) is 21.8. The van der Waals surface area contributed by atoms with E-state index in [9.17, 15) is 30.0 Å². The number of aromatic hydroxyl groups is 1. The quantitative estimate of drug-likeness (QED) is 0.395. The van der Waals surface area contributed by atoms with Crippen molar-refractivity contribution in [1.82, 2.24) is 9.55 Å². The number of carboxylic acid groups (broad SMARTS) is 1. The van der Waals surface area contributed by atoms with E-state index >= 15 is 0 Å². The first-order valence-corrected chi connectivity index (χ1v) is 9.75. The van der Waals surface area contributed by atoms with Gasteiger partial charge in [0.1, 0.15) is 5.75 Å². The second-order valence-corrected chi connectivity index (χ2v) is 7.46. The molecule has 0 spiro atoms. The van der Waals surface area contributed by atoms with Crippen LogP contribution in [0, 0.1) is 0 Å². The van der Waals surface area contributed by atoms with Crippen molar-refractivity contribution < 1.29 is 25.2 Å². The number of aromatic nitrogens is 2. The fraction of sp³-hybridized carbons (Fsp3) is 0.318. The molecule has 0 bridgehead atoms. The summed E-state index contributed by atoms with van der Waals surface area (Å²) in [5, 5.41) is 40.9. The number of hydrogen-bond acceptors (Lipinski definition) is 6. The first-order valence-electron chi connectivity index (χ1n) is 9.75. The highest BCUT2D eigenvalue weighted by Gasteiger charge is 2.41. The van der Waals surface area contributed by atoms with Crippen LogP contribution >= 0.6 is 0 Å². The van der Waals surface area contributed by atoms with E-state index in [1.165, 1.54) is 23.6 Å². The van der Waals surface area contributed by atoms with Crippen LogP contribution in [-0.2, 0) is 30.0 Å². The summed E-state index contributed by atoms with van der Waals surface area (Å²) in [5.41, 5.74) is 0.219. The molecule has 156 valence electrons. The van der Waals surface area contributed by atoms with Crippen molar-refractivity contribution in [3.63, 3.8) is 0 Å². The molecule has 30 heavy (non-hydrogen) atoms. The summed E-state index contributed by atoms with van der Waals surface area (Å²) in [6, 6.07) is 6.31. The molecule has 1 aromatic carbocycles. The molecule has 1 aliphatic heterocycles. The zero-order valence-corrected chi connectivity index (χ0v) is 16.6. The van der Waals surface area contributed by atoms with Gasteiger partial charge in [0, 0.05) is 22.1 Å². The fourth-order valence-electron chi connectivity index (χ4n) is 4.32. The minimum absolute atomic E-state index is 0.116. The number of nitrogens with zero attached hydrogens (tertiary/aromatic N) is 2. The van der Waals surface area contributed by atoms with E-state index in [-0.39, 0.29) is 29.8 Å². The monoisotopic (exact) mass is 410 g/mol. The highest BCUT2D eigenvalue weighted by atomic mass is 16.4. The van der Waals surface area contributed by atoms with Crippen molar-refractivity contribution in [2.24, 2.45) is 0 Å².